The first-order chi connectivity index (χ1) is 11.6. The molecular formula is C20H16ClIO2. The lowest BCUT2D eigenvalue weighted by Crippen LogP contribution is -1.93. The first kappa shape index (κ1) is 17.1. The summed E-state index contributed by atoms with van der Waals surface area (Å²) >= 11 is 8.33. The fourth-order valence-corrected chi connectivity index (χ4v) is 3.51. The van der Waals surface area contributed by atoms with Gasteiger partial charge in [-0.05, 0) is 81.2 Å². The summed E-state index contributed by atoms with van der Waals surface area (Å²) in [6, 6.07) is 20.1. The summed E-state index contributed by atoms with van der Waals surface area (Å²) in [6.07, 6.45) is 0. The molecule has 0 saturated heterocycles. The number of benzene rings is 3. The Balaban J connectivity index is 2.13. The van der Waals surface area contributed by atoms with Crippen LogP contribution in [0.5, 0.6) is 11.5 Å². The number of halogens is 2. The third-order valence-electron chi connectivity index (χ3n) is 3.84. The molecule has 122 valence electrons. The van der Waals surface area contributed by atoms with Crippen molar-refractivity contribution in [3.63, 3.8) is 0 Å². The Morgan fingerprint density at radius 2 is 1.38 bits per heavy atom. The van der Waals surface area contributed by atoms with E-state index in [-0.39, 0.29) is 0 Å². The van der Waals surface area contributed by atoms with Crippen molar-refractivity contribution in [1.82, 2.24) is 0 Å². The number of hydrogen-bond donors (Lipinski definition) is 0. The van der Waals surface area contributed by atoms with Crippen molar-refractivity contribution < 1.29 is 9.47 Å². The standard InChI is InChI=1S/C20H16ClIO2/c1-23-17-9-5-14(6-10-17)18-11-15(12-19(24-2)20(18)22)13-3-7-16(21)8-4-13/h3-12H,1-2H3. The predicted molar refractivity (Wildman–Crippen MR) is 108 cm³/mol. The molecule has 0 bridgehead atoms. The molecule has 0 unspecified atom stereocenters. The first-order valence-corrected chi connectivity index (χ1v) is 8.86. The highest BCUT2D eigenvalue weighted by atomic mass is 127. The summed E-state index contributed by atoms with van der Waals surface area (Å²) in [5.74, 6) is 1.70. The maximum absolute atomic E-state index is 6.00. The lowest BCUT2D eigenvalue weighted by Gasteiger charge is -2.13. The molecule has 24 heavy (non-hydrogen) atoms. The van der Waals surface area contributed by atoms with Gasteiger partial charge in [-0.15, -0.1) is 0 Å². The van der Waals surface area contributed by atoms with E-state index < -0.39 is 0 Å². The Hall–Kier alpha value is -1.72. The van der Waals surface area contributed by atoms with E-state index in [0.29, 0.717) is 0 Å². The molecule has 0 aliphatic rings. The minimum atomic E-state index is 0.728. The van der Waals surface area contributed by atoms with Crippen LogP contribution in [-0.4, -0.2) is 14.2 Å². The highest BCUT2D eigenvalue weighted by Crippen LogP contribution is 2.37. The zero-order chi connectivity index (χ0) is 17.1. The second-order valence-corrected chi connectivity index (χ2v) is 6.79. The van der Waals surface area contributed by atoms with Crippen LogP contribution in [0, 0.1) is 3.57 Å². The smallest absolute Gasteiger partial charge is 0.133 e. The van der Waals surface area contributed by atoms with Gasteiger partial charge in [0.05, 0.1) is 17.8 Å². The average molecular weight is 451 g/mol. The molecule has 0 amide bonds. The Labute approximate surface area is 160 Å². The highest BCUT2D eigenvalue weighted by molar-refractivity contribution is 14.1. The molecule has 3 rings (SSSR count). The quantitative estimate of drug-likeness (QED) is 0.435. The number of hydrogen-bond acceptors (Lipinski definition) is 2. The van der Waals surface area contributed by atoms with Crippen LogP contribution in [0.1, 0.15) is 0 Å². The molecule has 0 saturated carbocycles. The van der Waals surface area contributed by atoms with Gasteiger partial charge in [-0.1, -0.05) is 35.9 Å². The molecular weight excluding hydrogens is 435 g/mol. The van der Waals surface area contributed by atoms with Crippen molar-refractivity contribution in [2.75, 3.05) is 14.2 Å². The Morgan fingerprint density at radius 3 is 1.96 bits per heavy atom. The SMILES string of the molecule is COc1ccc(-c2cc(-c3ccc(Cl)cc3)cc(OC)c2I)cc1. The van der Waals surface area contributed by atoms with Gasteiger partial charge in [0, 0.05) is 5.02 Å². The largest absolute Gasteiger partial charge is 0.497 e. The van der Waals surface area contributed by atoms with Crippen molar-refractivity contribution in [3.05, 3.63) is 69.3 Å². The molecule has 0 N–H and O–H groups in total. The molecule has 3 aromatic carbocycles. The fourth-order valence-electron chi connectivity index (χ4n) is 2.54. The average Bonchev–Trinajstić information content (AvgIpc) is 2.63. The number of rotatable bonds is 4. The maximum atomic E-state index is 6.00. The Kier molecular flexibility index (Phi) is 5.31. The predicted octanol–water partition coefficient (Wildman–Crippen LogP) is 6.30. The minimum absolute atomic E-state index is 0.728. The number of ether oxygens (including phenoxy) is 2. The summed E-state index contributed by atoms with van der Waals surface area (Å²) in [7, 11) is 3.36. The summed E-state index contributed by atoms with van der Waals surface area (Å²) in [5.41, 5.74) is 4.44. The van der Waals surface area contributed by atoms with Crippen LogP contribution in [0.15, 0.2) is 60.7 Å². The third-order valence-corrected chi connectivity index (χ3v) is 5.20. The molecule has 4 heteroatoms. The van der Waals surface area contributed by atoms with Gasteiger partial charge < -0.3 is 9.47 Å². The zero-order valence-electron chi connectivity index (χ0n) is 13.3. The molecule has 0 aliphatic carbocycles. The van der Waals surface area contributed by atoms with Gasteiger partial charge in [-0.3, -0.25) is 0 Å². The van der Waals surface area contributed by atoms with Crippen molar-refractivity contribution in [2.24, 2.45) is 0 Å². The molecule has 0 heterocycles. The minimum Gasteiger partial charge on any atom is -0.497 e. The molecule has 0 radical (unpaired) electrons. The van der Waals surface area contributed by atoms with E-state index in [1.165, 1.54) is 0 Å². The summed E-state index contributed by atoms with van der Waals surface area (Å²) < 4.78 is 11.9. The maximum Gasteiger partial charge on any atom is 0.133 e. The van der Waals surface area contributed by atoms with E-state index >= 15 is 0 Å². The monoisotopic (exact) mass is 450 g/mol. The fraction of sp³-hybridized carbons (Fsp3) is 0.100. The van der Waals surface area contributed by atoms with Crippen LogP contribution in [0.2, 0.25) is 5.02 Å². The summed E-state index contributed by atoms with van der Waals surface area (Å²) in [6.45, 7) is 0. The van der Waals surface area contributed by atoms with Gasteiger partial charge in [-0.2, -0.15) is 0 Å². The van der Waals surface area contributed by atoms with E-state index in [0.717, 1.165) is 42.3 Å². The van der Waals surface area contributed by atoms with Crippen LogP contribution in [0.25, 0.3) is 22.3 Å². The third kappa shape index (κ3) is 3.52. The van der Waals surface area contributed by atoms with E-state index in [4.69, 9.17) is 21.1 Å². The normalized spacial score (nSPS) is 10.5. The van der Waals surface area contributed by atoms with Crippen LogP contribution in [-0.2, 0) is 0 Å². The Morgan fingerprint density at radius 1 is 0.750 bits per heavy atom. The van der Waals surface area contributed by atoms with Gasteiger partial charge >= 0.3 is 0 Å². The Bertz CT molecular complexity index is 843. The molecule has 0 spiro atoms. The summed E-state index contributed by atoms with van der Waals surface area (Å²) in [5, 5.41) is 0.728. The molecule has 0 aromatic heterocycles. The van der Waals surface area contributed by atoms with Crippen molar-refractivity contribution in [2.45, 2.75) is 0 Å². The second-order valence-electron chi connectivity index (χ2n) is 5.28. The van der Waals surface area contributed by atoms with Gasteiger partial charge in [-0.25, -0.2) is 0 Å². The first-order valence-electron chi connectivity index (χ1n) is 7.40. The molecule has 0 atom stereocenters. The second kappa shape index (κ2) is 7.45. The van der Waals surface area contributed by atoms with E-state index in [1.54, 1.807) is 14.2 Å². The van der Waals surface area contributed by atoms with E-state index in [1.807, 2.05) is 36.4 Å². The van der Waals surface area contributed by atoms with Gasteiger partial charge in [0.25, 0.3) is 0 Å². The van der Waals surface area contributed by atoms with Gasteiger partial charge in [0.2, 0.25) is 0 Å². The van der Waals surface area contributed by atoms with Crippen molar-refractivity contribution in [1.29, 1.82) is 0 Å². The topological polar surface area (TPSA) is 18.5 Å². The lowest BCUT2D eigenvalue weighted by atomic mass is 9.98. The van der Waals surface area contributed by atoms with Crippen molar-refractivity contribution in [3.8, 4) is 33.8 Å². The number of methoxy groups -OCH3 is 2. The molecule has 2 nitrogen and oxygen atoms in total. The van der Waals surface area contributed by atoms with Crippen LogP contribution < -0.4 is 9.47 Å². The zero-order valence-corrected chi connectivity index (χ0v) is 16.3. The van der Waals surface area contributed by atoms with Crippen LogP contribution in [0.4, 0.5) is 0 Å². The molecule has 3 aromatic rings. The van der Waals surface area contributed by atoms with Crippen molar-refractivity contribution >= 4 is 34.2 Å². The van der Waals surface area contributed by atoms with Gasteiger partial charge in [0.15, 0.2) is 0 Å². The van der Waals surface area contributed by atoms with Gasteiger partial charge in [0.1, 0.15) is 11.5 Å². The van der Waals surface area contributed by atoms with Crippen LogP contribution >= 0.6 is 34.2 Å². The molecule has 0 fully saturated rings. The highest BCUT2D eigenvalue weighted by Gasteiger charge is 2.12. The summed E-state index contributed by atoms with van der Waals surface area (Å²) in [4.78, 5) is 0. The molecule has 0 aliphatic heterocycles. The lowest BCUT2D eigenvalue weighted by molar-refractivity contribution is 0.412. The van der Waals surface area contributed by atoms with E-state index in [2.05, 4.69) is 46.9 Å². The van der Waals surface area contributed by atoms with E-state index in [9.17, 15) is 0 Å². The van der Waals surface area contributed by atoms with Crippen LogP contribution in [0.3, 0.4) is 0 Å².